The Bertz CT molecular complexity index is 2900. The van der Waals surface area contributed by atoms with Crippen molar-refractivity contribution in [2.45, 2.75) is 24.7 Å². The molecule has 2 heterocycles. The first-order valence-corrected chi connectivity index (χ1v) is 20.5. The minimum absolute atomic E-state index is 0.485. The number of rotatable bonds is 4. The summed E-state index contributed by atoms with van der Waals surface area (Å²) in [5, 5.41) is 4.88. The molecule has 11 rings (SSSR count). The fraction of sp³-hybridized carbons (Fsp3) is 0.0800. The molecular formula is C50H36NO2P. The van der Waals surface area contributed by atoms with Crippen LogP contribution in [0.5, 0.6) is 11.5 Å². The van der Waals surface area contributed by atoms with Crippen LogP contribution in [0.15, 0.2) is 193 Å². The van der Waals surface area contributed by atoms with Crippen molar-refractivity contribution in [3.8, 4) is 17.2 Å². The Morgan fingerprint density at radius 1 is 0.611 bits per heavy atom. The molecule has 6 aromatic carbocycles. The Labute approximate surface area is 314 Å². The van der Waals surface area contributed by atoms with Crippen LogP contribution >= 0.6 is 7.14 Å². The molecule has 3 aliphatic carbocycles. The highest BCUT2D eigenvalue weighted by atomic mass is 31.2. The summed E-state index contributed by atoms with van der Waals surface area (Å²) in [4.78, 5) is 0. The van der Waals surface area contributed by atoms with Crippen LogP contribution in [-0.4, -0.2) is 4.57 Å². The van der Waals surface area contributed by atoms with Gasteiger partial charge in [-0.25, -0.2) is 0 Å². The van der Waals surface area contributed by atoms with Crippen LogP contribution in [0.4, 0.5) is 0 Å². The lowest BCUT2D eigenvalue weighted by molar-refractivity contribution is 0.436. The predicted molar refractivity (Wildman–Crippen MR) is 223 cm³/mol. The number of benzene rings is 6. The second kappa shape index (κ2) is 11.9. The van der Waals surface area contributed by atoms with Crippen molar-refractivity contribution in [3.05, 3.63) is 215 Å². The van der Waals surface area contributed by atoms with E-state index < -0.39 is 12.6 Å². The average Bonchev–Trinajstić information content (AvgIpc) is 3.53. The molecule has 54 heavy (non-hydrogen) atoms. The van der Waals surface area contributed by atoms with Gasteiger partial charge in [-0.1, -0.05) is 134 Å². The maximum Gasteiger partial charge on any atom is 0.170 e. The molecule has 0 radical (unpaired) electrons. The van der Waals surface area contributed by atoms with Crippen LogP contribution in [0.3, 0.4) is 0 Å². The van der Waals surface area contributed by atoms with Crippen LogP contribution in [0, 0.1) is 0 Å². The molecule has 2 atom stereocenters. The van der Waals surface area contributed by atoms with Crippen molar-refractivity contribution < 1.29 is 9.30 Å². The molecule has 0 fully saturated rings. The van der Waals surface area contributed by atoms with Crippen molar-refractivity contribution in [1.82, 2.24) is 4.57 Å². The second-order valence-corrected chi connectivity index (χ2v) is 17.3. The van der Waals surface area contributed by atoms with E-state index in [1.807, 2.05) is 48.6 Å². The summed E-state index contributed by atoms with van der Waals surface area (Å²) in [6.07, 6.45) is 17.8. The first-order chi connectivity index (χ1) is 26.7. The number of aromatic nitrogens is 1. The Balaban J connectivity index is 1.14. The van der Waals surface area contributed by atoms with Crippen molar-refractivity contribution >= 4 is 45.1 Å². The largest absolute Gasteiger partial charge is 0.457 e. The van der Waals surface area contributed by atoms with E-state index in [0.29, 0.717) is 0 Å². The average molecular weight is 714 g/mol. The van der Waals surface area contributed by atoms with Crippen molar-refractivity contribution in [1.29, 1.82) is 0 Å². The summed E-state index contributed by atoms with van der Waals surface area (Å²) in [7, 11) is -3.13. The van der Waals surface area contributed by atoms with Crippen molar-refractivity contribution in [3.63, 3.8) is 0 Å². The molecule has 0 amide bonds. The van der Waals surface area contributed by atoms with Crippen LogP contribution in [0.25, 0.3) is 33.1 Å². The normalized spacial score (nSPS) is 19.1. The molecule has 3 nitrogen and oxygen atoms in total. The highest BCUT2D eigenvalue weighted by Crippen LogP contribution is 2.63. The number of para-hydroxylation sites is 2. The lowest BCUT2D eigenvalue weighted by atomic mass is 9.64. The number of allylic oxidation sites excluding steroid dienone is 10. The fourth-order valence-corrected chi connectivity index (χ4v) is 12.3. The SMILES string of the molecule is O=P(C1=CCC=CC=C1)(c1ccccc1)c1ccc(-n2c3ccccc3c3cc4c(cc32)Oc2ccccc2C42C3=C(CCC=C3)c3ccccc32)cc1. The molecule has 1 aliphatic heterocycles. The number of ether oxygens (including phenoxy) is 1. The van der Waals surface area contributed by atoms with Gasteiger partial charge in [0.1, 0.15) is 11.5 Å². The molecule has 1 spiro atoms. The summed E-state index contributed by atoms with van der Waals surface area (Å²) >= 11 is 0. The zero-order chi connectivity index (χ0) is 35.9. The maximum absolute atomic E-state index is 15.3. The molecule has 0 N–H and O–H groups in total. The molecule has 0 saturated carbocycles. The van der Waals surface area contributed by atoms with E-state index >= 15 is 4.57 Å². The Hall–Kier alpha value is -6.15. The van der Waals surface area contributed by atoms with Crippen LogP contribution < -0.4 is 15.3 Å². The lowest BCUT2D eigenvalue weighted by Gasteiger charge is -2.40. The molecule has 1 aromatic heterocycles. The third-order valence-electron chi connectivity index (χ3n) is 11.9. The van der Waals surface area contributed by atoms with Gasteiger partial charge in [0.15, 0.2) is 7.14 Å². The van der Waals surface area contributed by atoms with E-state index in [1.54, 1.807) is 0 Å². The summed E-state index contributed by atoms with van der Waals surface area (Å²) in [5.74, 6) is 1.77. The molecule has 0 saturated heterocycles. The highest BCUT2D eigenvalue weighted by Gasteiger charge is 2.52. The van der Waals surface area contributed by atoms with Gasteiger partial charge >= 0.3 is 0 Å². The molecular weight excluding hydrogens is 678 g/mol. The molecule has 4 aliphatic rings. The lowest BCUT2D eigenvalue weighted by Crippen LogP contribution is -2.33. The minimum atomic E-state index is -3.13. The summed E-state index contributed by atoms with van der Waals surface area (Å²) < 4.78 is 24.6. The predicted octanol–water partition coefficient (Wildman–Crippen LogP) is 12.1. The third kappa shape index (κ3) is 4.28. The molecule has 4 heteroatoms. The Kier molecular flexibility index (Phi) is 6.93. The van der Waals surface area contributed by atoms with Gasteiger partial charge in [-0.3, -0.25) is 0 Å². The van der Waals surface area contributed by atoms with Crippen molar-refractivity contribution in [2.24, 2.45) is 0 Å². The number of hydrogen-bond donors (Lipinski definition) is 0. The first kappa shape index (κ1) is 31.4. The number of fused-ring (bicyclic) bond motifs is 11. The molecule has 7 aromatic rings. The Morgan fingerprint density at radius 2 is 1.37 bits per heavy atom. The zero-order valence-electron chi connectivity index (χ0n) is 29.7. The van der Waals surface area contributed by atoms with E-state index in [1.165, 1.54) is 44.2 Å². The fourth-order valence-electron chi connectivity index (χ4n) is 9.57. The van der Waals surface area contributed by atoms with Crippen LogP contribution in [0.2, 0.25) is 0 Å². The van der Waals surface area contributed by atoms with Crippen LogP contribution in [-0.2, 0) is 9.98 Å². The van der Waals surface area contributed by atoms with Gasteiger partial charge in [-0.2, -0.15) is 0 Å². The van der Waals surface area contributed by atoms with Crippen LogP contribution in [0.1, 0.15) is 41.5 Å². The minimum Gasteiger partial charge on any atom is -0.457 e. The Morgan fingerprint density at radius 3 is 2.26 bits per heavy atom. The van der Waals surface area contributed by atoms with Gasteiger partial charge in [-0.15, -0.1) is 0 Å². The molecule has 0 bridgehead atoms. The van der Waals surface area contributed by atoms with Gasteiger partial charge in [0.2, 0.25) is 0 Å². The van der Waals surface area contributed by atoms with Gasteiger partial charge in [0.05, 0.1) is 16.4 Å². The number of nitrogens with zero attached hydrogens (tertiary/aromatic N) is 1. The quantitative estimate of drug-likeness (QED) is 0.170. The summed E-state index contributed by atoms with van der Waals surface area (Å²) in [6, 6.07) is 49.2. The first-order valence-electron chi connectivity index (χ1n) is 18.8. The van der Waals surface area contributed by atoms with Gasteiger partial charge in [0, 0.05) is 49.6 Å². The third-order valence-corrected chi connectivity index (χ3v) is 15.0. The second-order valence-electron chi connectivity index (χ2n) is 14.6. The number of hydrogen-bond acceptors (Lipinski definition) is 2. The topological polar surface area (TPSA) is 31.2 Å². The van der Waals surface area contributed by atoms with E-state index in [9.17, 15) is 0 Å². The highest BCUT2D eigenvalue weighted by molar-refractivity contribution is 7.82. The zero-order valence-corrected chi connectivity index (χ0v) is 30.5. The van der Waals surface area contributed by atoms with E-state index in [-0.39, 0.29) is 0 Å². The maximum atomic E-state index is 15.3. The molecule has 2 unspecified atom stereocenters. The van der Waals surface area contributed by atoms with Gasteiger partial charge < -0.3 is 13.9 Å². The molecule has 258 valence electrons. The summed E-state index contributed by atoms with van der Waals surface area (Å²) in [5.41, 5.74) is 10.6. The van der Waals surface area contributed by atoms with E-state index in [4.69, 9.17) is 4.74 Å². The monoisotopic (exact) mass is 713 g/mol. The van der Waals surface area contributed by atoms with Gasteiger partial charge in [0.25, 0.3) is 0 Å². The van der Waals surface area contributed by atoms with E-state index in [0.717, 1.165) is 63.4 Å². The summed E-state index contributed by atoms with van der Waals surface area (Å²) in [6.45, 7) is 0. The van der Waals surface area contributed by atoms with E-state index in [2.05, 4.69) is 138 Å². The smallest absolute Gasteiger partial charge is 0.170 e. The standard InChI is InChI=1S/C50H36NO2P/c52-54(36-18-6-3-7-19-36,35-16-4-1-2-5-17-35)37-30-28-34(29-31-37)51-46-26-14-10-22-40(46)41-32-45-49(33-47(41)51)53-48-27-15-13-25-44(48)50(45)42-23-11-8-20-38(42)39-21-9-12-24-43(39)50/h1-4,6-8,10-20,22-33H,5,9,21H2. The van der Waals surface area contributed by atoms with Crippen molar-refractivity contribution in [2.75, 3.05) is 0 Å². The van der Waals surface area contributed by atoms with Gasteiger partial charge in [-0.05, 0) is 84.0 Å².